The maximum Gasteiger partial charge on any atom is 0.330 e. The lowest BCUT2D eigenvalue weighted by Crippen LogP contribution is -2.28. The summed E-state index contributed by atoms with van der Waals surface area (Å²) in [5.41, 5.74) is 1.73. The van der Waals surface area contributed by atoms with Crippen molar-refractivity contribution in [2.24, 2.45) is 0 Å². The van der Waals surface area contributed by atoms with Crippen LogP contribution in [0.4, 0.5) is 4.39 Å². The Balaban J connectivity index is 1.56. The SMILES string of the molecule is COC(=O)C(NCc1ccc(OCc2cccc(F)c2)cc1)c1ccco1. The summed E-state index contributed by atoms with van der Waals surface area (Å²) in [6.07, 6.45) is 1.51. The Kier molecular flexibility index (Phi) is 6.22. The molecule has 1 unspecified atom stereocenters. The van der Waals surface area contributed by atoms with Gasteiger partial charge >= 0.3 is 5.97 Å². The van der Waals surface area contributed by atoms with Crippen LogP contribution in [0.3, 0.4) is 0 Å². The highest BCUT2D eigenvalue weighted by molar-refractivity contribution is 5.76. The summed E-state index contributed by atoms with van der Waals surface area (Å²) >= 11 is 0. The fourth-order valence-corrected chi connectivity index (χ4v) is 2.59. The zero-order valence-electron chi connectivity index (χ0n) is 14.9. The molecular formula is C21H20FNO4. The Hall–Kier alpha value is -3.12. The van der Waals surface area contributed by atoms with Gasteiger partial charge in [0.05, 0.1) is 13.4 Å². The van der Waals surface area contributed by atoms with Gasteiger partial charge in [-0.2, -0.15) is 0 Å². The lowest BCUT2D eigenvalue weighted by molar-refractivity contribution is -0.143. The van der Waals surface area contributed by atoms with Crippen LogP contribution in [0.2, 0.25) is 0 Å². The minimum Gasteiger partial charge on any atom is -0.489 e. The number of nitrogens with one attached hydrogen (secondary N) is 1. The summed E-state index contributed by atoms with van der Waals surface area (Å²) in [6, 6.07) is 16.5. The molecule has 0 saturated carbocycles. The maximum atomic E-state index is 13.2. The smallest absolute Gasteiger partial charge is 0.330 e. The molecule has 3 rings (SSSR count). The molecule has 0 saturated heterocycles. The highest BCUT2D eigenvalue weighted by atomic mass is 19.1. The molecule has 0 bridgehead atoms. The zero-order valence-corrected chi connectivity index (χ0v) is 14.9. The molecule has 5 nitrogen and oxygen atoms in total. The fraction of sp³-hybridized carbons (Fsp3) is 0.190. The van der Waals surface area contributed by atoms with Gasteiger partial charge < -0.3 is 13.9 Å². The quantitative estimate of drug-likeness (QED) is 0.608. The third-order valence-electron chi connectivity index (χ3n) is 3.99. The van der Waals surface area contributed by atoms with Gasteiger partial charge in [-0.15, -0.1) is 0 Å². The predicted octanol–water partition coefficient (Wildman–Crippen LogP) is 4.00. The van der Waals surface area contributed by atoms with Crippen molar-refractivity contribution in [1.82, 2.24) is 5.32 Å². The van der Waals surface area contributed by atoms with Gasteiger partial charge in [-0.25, -0.2) is 9.18 Å². The number of hydrogen-bond donors (Lipinski definition) is 1. The van der Waals surface area contributed by atoms with Crippen LogP contribution >= 0.6 is 0 Å². The van der Waals surface area contributed by atoms with Crippen LogP contribution in [0.15, 0.2) is 71.3 Å². The number of esters is 1. The molecule has 0 aliphatic heterocycles. The van der Waals surface area contributed by atoms with Crippen molar-refractivity contribution in [3.05, 3.63) is 89.6 Å². The van der Waals surface area contributed by atoms with E-state index in [-0.39, 0.29) is 12.4 Å². The number of methoxy groups -OCH3 is 1. The molecule has 1 atom stereocenters. The van der Waals surface area contributed by atoms with E-state index < -0.39 is 12.0 Å². The molecule has 0 aliphatic rings. The predicted molar refractivity (Wildman–Crippen MR) is 97.5 cm³/mol. The average Bonchev–Trinajstić information content (AvgIpc) is 3.22. The van der Waals surface area contributed by atoms with Gasteiger partial charge in [0.2, 0.25) is 0 Å². The van der Waals surface area contributed by atoms with E-state index in [0.29, 0.717) is 18.1 Å². The highest BCUT2D eigenvalue weighted by Crippen LogP contribution is 2.18. The molecule has 1 heterocycles. The second-order valence-corrected chi connectivity index (χ2v) is 5.92. The first-order valence-corrected chi connectivity index (χ1v) is 8.46. The third kappa shape index (κ3) is 5.18. The van der Waals surface area contributed by atoms with Crippen LogP contribution in [0.1, 0.15) is 22.9 Å². The van der Waals surface area contributed by atoms with Crippen LogP contribution in [0.25, 0.3) is 0 Å². The largest absolute Gasteiger partial charge is 0.489 e. The first-order valence-electron chi connectivity index (χ1n) is 8.46. The minimum atomic E-state index is -0.672. The van der Waals surface area contributed by atoms with Crippen molar-refractivity contribution in [3.63, 3.8) is 0 Å². The molecule has 27 heavy (non-hydrogen) atoms. The number of furan rings is 1. The van der Waals surface area contributed by atoms with Gasteiger partial charge in [0.25, 0.3) is 0 Å². The van der Waals surface area contributed by atoms with Crippen LogP contribution < -0.4 is 10.1 Å². The summed E-state index contributed by atoms with van der Waals surface area (Å²) in [6.45, 7) is 0.739. The summed E-state index contributed by atoms with van der Waals surface area (Å²) < 4.78 is 29.0. The van der Waals surface area contributed by atoms with E-state index in [2.05, 4.69) is 5.32 Å². The van der Waals surface area contributed by atoms with E-state index in [9.17, 15) is 9.18 Å². The van der Waals surface area contributed by atoms with E-state index in [1.54, 1.807) is 18.2 Å². The zero-order chi connectivity index (χ0) is 19.1. The van der Waals surface area contributed by atoms with Crippen molar-refractivity contribution in [1.29, 1.82) is 0 Å². The first-order chi connectivity index (χ1) is 13.2. The molecule has 0 spiro atoms. The van der Waals surface area contributed by atoms with E-state index in [1.807, 2.05) is 30.3 Å². The summed E-state index contributed by atoms with van der Waals surface area (Å²) in [5, 5.41) is 3.12. The van der Waals surface area contributed by atoms with Gasteiger partial charge in [-0.3, -0.25) is 5.32 Å². The molecule has 3 aromatic rings. The number of halogens is 1. The van der Waals surface area contributed by atoms with E-state index >= 15 is 0 Å². The minimum absolute atomic E-state index is 0.283. The van der Waals surface area contributed by atoms with Gasteiger partial charge in [0.1, 0.15) is 23.9 Å². The van der Waals surface area contributed by atoms with Crippen LogP contribution in [-0.2, 0) is 22.7 Å². The number of carbonyl (C=O) groups is 1. The van der Waals surface area contributed by atoms with Gasteiger partial charge in [0, 0.05) is 6.54 Å². The van der Waals surface area contributed by atoms with Gasteiger partial charge in [0.15, 0.2) is 6.04 Å². The lowest BCUT2D eigenvalue weighted by Gasteiger charge is -2.14. The fourth-order valence-electron chi connectivity index (χ4n) is 2.59. The number of carbonyl (C=O) groups excluding carboxylic acids is 1. The molecule has 1 N–H and O–H groups in total. The molecule has 0 amide bonds. The van der Waals surface area contributed by atoms with Gasteiger partial charge in [-0.1, -0.05) is 24.3 Å². The van der Waals surface area contributed by atoms with Gasteiger partial charge in [-0.05, 0) is 47.5 Å². The van der Waals surface area contributed by atoms with E-state index in [4.69, 9.17) is 13.9 Å². The molecule has 2 aromatic carbocycles. The van der Waals surface area contributed by atoms with Crippen molar-refractivity contribution in [2.45, 2.75) is 19.2 Å². The second-order valence-electron chi connectivity index (χ2n) is 5.92. The van der Waals surface area contributed by atoms with E-state index in [1.165, 1.54) is 25.5 Å². The van der Waals surface area contributed by atoms with Crippen molar-refractivity contribution >= 4 is 5.97 Å². The highest BCUT2D eigenvalue weighted by Gasteiger charge is 2.23. The Morgan fingerprint density at radius 1 is 1.11 bits per heavy atom. The Morgan fingerprint density at radius 2 is 1.93 bits per heavy atom. The average molecular weight is 369 g/mol. The first kappa shape index (κ1) is 18.7. The molecule has 0 radical (unpaired) electrons. The van der Waals surface area contributed by atoms with Crippen LogP contribution in [-0.4, -0.2) is 13.1 Å². The van der Waals surface area contributed by atoms with Crippen LogP contribution in [0.5, 0.6) is 5.75 Å². The summed E-state index contributed by atoms with van der Waals surface area (Å²) in [7, 11) is 1.34. The van der Waals surface area contributed by atoms with Crippen molar-refractivity contribution in [2.75, 3.05) is 7.11 Å². The monoisotopic (exact) mass is 369 g/mol. The Labute approximate surface area is 156 Å². The van der Waals surface area contributed by atoms with Crippen molar-refractivity contribution in [3.8, 4) is 5.75 Å². The van der Waals surface area contributed by atoms with Crippen molar-refractivity contribution < 1.29 is 23.1 Å². The second kappa shape index (κ2) is 9.00. The summed E-state index contributed by atoms with van der Waals surface area (Å²) in [4.78, 5) is 11.9. The molecule has 0 fully saturated rings. The molecule has 140 valence electrons. The van der Waals surface area contributed by atoms with Crippen LogP contribution in [0, 0.1) is 5.82 Å². The molecular weight excluding hydrogens is 349 g/mol. The third-order valence-corrected chi connectivity index (χ3v) is 3.99. The maximum absolute atomic E-state index is 13.2. The molecule has 1 aromatic heterocycles. The standard InChI is InChI=1S/C21H20FNO4/c1-25-21(24)20(19-6-3-11-26-19)23-13-15-7-9-18(10-8-15)27-14-16-4-2-5-17(22)12-16/h2-12,20,23H,13-14H2,1H3. The molecule has 0 aliphatic carbocycles. The number of rotatable bonds is 8. The molecule has 6 heteroatoms. The topological polar surface area (TPSA) is 60.7 Å². The van der Waals surface area contributed by atoms with E-state index in [0.717, 1.165) is 11.1 Å². The summed E-state index contributed by atoms with van der Waals surface area (Å²) in [5.74, 6) is 0.477. The number of hydrogen-bond acceptors (Lipinski definition) is 5. The number of benzene rings is 2. The Morgan fingerprint density at radius 3 is 2.59 bits per heavy atom. The normalized spacial score (nSPS) is 11.8. The lowest BCUT2D eigenvalue weighted by atomic mass is 10.1. The Bertz CT molecular complexity index is 862. The number of ether oxygens (including phenoxy) is 2.